The summed E-state index contributed by atoms with van der Waals surface area (Å²) in [5, 5.41) is -4.20. The van der Waals surface area contributed by atoms with Crippen molar-refractivity contribution in [3.05, 3.63) is 0 Å². The van der Waals surface area contributed by atoms with Crippen LogP contribution in [0.1, 0.15) is 32.6 Å². The van der Waals surface area contributed by atoms with Crippen LogP contribution in [-0.2, 0) is 10.1 Å². The number of halogens is 9. The van der Waals surface area contributed by atoms with Gasteiger partial charge in [-0.05, 0) is 20.5 Å². The molecule has 0 rings (SSSR count). The summed E-state index contributed by atoms with van der Waals surface area (Å²) in [6.45, 7) is 1.53. The van der Waals surface area contributed by atoms with E-state index in [-0.39, 0.29) is 6.42 Å². The van der Waals surface area contributed by atoms with Crippen molar-refractivity contribution in [3.63, 3.8) is 0 Å². The van der Waals surface area contributed by atoms with Crippen LogP contribution in [0.4, 0.5) is 39.5 Å². The third-order valence-electron chi connectivity index (χ3n) is 2.96. The molecule has 1 unspecified atom stereocenters. The number of unbranched alkanes of at least 4 members (excludes halogenated alkanes) is 2. The first-order valence-electron chi connectivity index (χ1n) is 7.10. The molecule has 0 aliphatic carbocycles. The zero-order valence-electron chi connectivity index (χ0n) is 14.0. The molecule has 0 saturated heterocycles. The number of rotatable bonds is 9. The van der Waals surface area contributed by atoms with Gasteiger partial charge in [-0.3, -0.25) is 4.55 Å². The van der Waals surface area contributed by atoms with Gasteiger partial charge in [0, 0.05) is 0 Å². The van der Waals surface area contributed by atoms with Gasteiger partial charge < -0.3 is 5.32 Å². The van der Waals surface area contributed by atoms with Crippen LogP contribution in [0.2, 0.25) is 0 Å². The quantitative estimate of drug-likeness (QED) is 0.329. The summed E-state index contributed by atoms with van der Waals surface area (Å²) in [6, 6.07) is 0. The molecule has 26 heavy (non-hydrogen) atoms. The molecule has 0 heterocycles. The Hall–Kier alpha value is -0.760. The van der Waals surface area contributed by atoms with Gasteiger partial charge in [0.2, 0.25) is 0 Å². The van der Waals surface area contributed by atoms with Crippen LogP contribution in [0.5, 0.6) is 0 Å². The first-order valence-corrected chi connectivity index (χ1v) is 8.54. The highest BCUT2D eigenvalue weighted by Gasteiger charge is 2.85. The fourth-order valence-electron chi connectivity index (χ4n) is 1.51. The number of alkyl halides is 9. The first-order chi connectivity index (χ1) is 11.4. The molecule has 4 nitrogen and oxygen atoms in total. The highest BCUT2D eigenvalue weighted by atomic mass is 32.2. The maximum atomic E-state index is 13.2. The maximum absolute atomic E-state index is 13.2. The number of hydrogen-bond acceptors (Lipinski definition) is 3. The highest BCUT2D eigenvalue weighted by Crippen LogP contribution is 2.55. The molecule has 160 valence electrons. The lowest BCUT2D eigenvalue weighted by atomic mass is 9.97. The summed E-state index contributed by atoms with van der Waals surface area (Å²) in [4.78, 5) is 0. The molecule has 0 bridgehead atoms. The van der Waals surface area contributed by atoms with E-state index in [1.807, 2.05) is 14.1 Å². The maximum Gasteiger partial charge on any atom is 0.438 e. The van der Waals surface area contributed by atoms with Gasteiger partial charge in [0.15, 0.2) is 6.17 Å². The predicted molar refractivity (Wildman–Crippen MR) is 75.4 cm³/mol. The van der Waals surface area contributed by atoms with Crippen LogP contribution in [0.3, 0.4) is 0 Å². The monoisotopic (exact) mass is 429 g/mol. The Morgan fingerprint density at radius 1 is 0.923 bits per heavy atom. The Balaban J connectivity index is 0. The van der Waals surface area contributed by atoms with Crippen molar-refractivity contribution in [1.82, 2.24) is 5.32 Å². The van der Waals surface area contributed by atoms with Crippen molar-refractivity contribution >= 4 is 10.1 Å². The molecule has 0 spiro atoms. The van der Waals surface area contributed by atoms with Crippen LogP contribution >= 0.6 is 0 Å². The van der Waals surface area contributed by atoms with E-state index in [9.17, 15) is 47.9 Å². The summed E-state index contributed by atoms with van der Waals surface area (Å²) in [6.07, 6.45) is -5.24. The van der Waals surface area contributed by atoms with Crippen LogP contribution in [0.25, 0.3) is 0 Å². The van der Waals surface area contributed by atoms with E-state index in [0.29, 0.717) is 6.42 Å². The topological polar surface area (TPSA) is 66.4 Å². The third kappa shape index (κ3) is 5.38. The van der Waals surface area contributed by atoms with E-state index in [1.165, 1.54) is 6.92 Å². The lowest BCUT2D eigenvalue weighted by Crippen LogP contribution is -2.66. The molecule has 0 aliphatic heterocycles. The Bertz CT molecular complexity index is 526. The van der Waals surface area contributed by atoms with Crippen LogP contribution in [0, 0.1) is 0 Å². The van der Waals surface area contributed by atoms with E-state index in [4.69, 9.17) is 4.55 Å². The first kappa shape index (κ1) is 27.5. The number of hydrogen-bond donors (Lipinski definition) is 2. The summed E-state index contributed by atoms with van der Waals surface area (Å²) in [5.74, 6) is -20.6. The van der Waals surface area contributed by atoms with Gasteiger partial charge in [-0.1, -0.05) is 26.2 Å². The molecule has 0 aliphatic rings. The Morgan fingerprint density at radius 2 is 1.31 bits per heavy atom. The second-order valence-corrected chi connectivity index (χ2v) is 6.69. The van der Waals surface area contributed by atoms with Gasteiger partial charge in [0.1, 0.15) is 0 Å². The fraction of sp³-hybridized carbons (Fsp3) is 1.00. The minimum atomic E-state index is -7.26. The fourth-order valence-corrected chi connectivity index (χ4v) is 1.96. The molecule has 0 amide bonds. The van der Waals surface area contributed by atoms with Crippen molar-refractivity contribution in [2.45, 2.75) is 61.8 Å². The zero-order valence-corrected chi connectivity index (χ0v) is 14.8. The molecule has 0 aromatic rings. The summed E-state index contributed by atoms with van der Waals surface area (Å²) in [7, 11) is -3.42. The van der Waals surface area contributed by atoms with Crippen LogP contribution < -0.4 is 5.32 Å². The average molecular weight is 429 g/mol. The molecule has 0 radical (unpaired) electrons. The Kier molecular flexibility index (Phi) is 9.97. The lowest BCUT2D eigenvalue weighted by molar-refractivity contribution is -0.359. The lowest BCUT2D eigenvalue weighted by Gasteiger charge is -2.36. The molecule has 0 aromatic carbocycles. The minimum absolute atomic E-state index is 0.0830. The van der Waals surface area contributed by atoms with Crippen LogP contribution in [0.15, 0.2) is 0 Å². The van der Waals surface area contributed by atoms with Gasteiger partial charge in [0.25, 0.3) is 0 Å². The normalized spacial score (nSPS) is 15.3. The largest absolute Gasteiger partial charge is 0.438 e. The molecular weight excluding hydrogens is 409 g/mol. The van der Waals surface area contributed by atoms with Gasteiger partial charge in [-0.25, -0.2) is 4.39 Å². The minimum Gasteiger partial charge on any atom is -0.323 e. The Labute approximate surface area is 144 Å². The number of nitrogens with one attached hydrogen (secondary N) is 1. The van der Waals surface area contributed by atoms with Crippen molar-refractivity contribution in [2.75, 3.05) is 14.1 Å². The van der Waals surface area contributed by atoms with Crippen molar-refractivity contribution in [1.29, 1.82) is 0 Å². The van der Waals surface area contributed by atoms with Gasteiger partial charge in [-0.15, -0.1) is 0 Å². The molecular formula is C12H20F9NO3S. The average Bonchev–Trinajstić information content (AvgIpc) is 2.46. The van der Waals surface area contributed by atoms with Crippen LogP contribution in [-0.4, -0.2) is 56.3 Å². The van der Waals surface area contributed by atoms with Crippen molar-refractivity contribution < 1.29 is 52.5 Å². The highest BCUT2D eigenvalue weighted by molar-refractivity contribution is 7.87. The summed E-state index contributed by atoms with van der Waals surface area (Å²) < 4.78 is 146. The standard InChI is InChI=1S/C10H13F9O3S.C2H7N/c1-2-3-4-5-6(11)7(12,13)8(14,15)9(16,17)10(18,19)23(20,21)22;1-3-2/h6H,2-5H2,1H3,(H,20,21,22);3H,1-2H3. The van der Waals surface area contributed by atoms with E-state index >= 15 is 0 Å². The van der Waals surface area contributed by atoms with E-state index in [2.05, 4.69) is 5.32 Å². The summed E-state index contributed by atoms with van der Waals surface area (Å²) in [5.41, 5.74) is 0. The van der Waals surface area contributed by atoms with E-state index in [1.54, 1.807) is 0 Å². The molecule has 2 N–H and O–H groups in total. The Morgan fingerprint density at radius 3 is 1.62 bits per heavy atom. The van der Waals surface area contributed by atoms with Crippen molar-refractivity contribution in [3.8, 4) is 0 Å². The predicted octanol–water partition coefficient (Wildman–Crippen LogP) is 4.13. The smallest absolute Gasteiger partial charge is 0.323 e. The van der Waals surface area contributed by atoms with Gasteiger partial charge >= 0.3 is 33.1 Å². The second-order valence-electron chi connectivity index (χ2n) is 5.23. The van der Waals surface area contributed by atoms with Gasteiger partial charge in [-0.2, -0.15) is 43.5 Å². The molecule has 1 atom stereocenters. The zero-order chi connectivity index (χ0) is 21.6. The molecule has 0 saturated carbocycles. The van der Waals surface area contributed by atoms with Crippen molar-refractivity contribution in [2.24, 2.45) is 0 Å². The SMILES string of the molecule is CCCCCC(F)C(F)(F)C(F)(F)C(F)(F)C(F)(F)S(=O)(=O)O.CNC. The summed E-state index contributed by atoms with van der Waals surface area (Å²) >= 11 is 0. The third-order valence-corrected chi connectivity index (χ3v) is 3.86. The van der Waals surface area contributed by atoms with E-state index < -0.39 is 52.2 Å². The molecule has 14 heteroatoms. The van der Waals surface area contributed by atoms with E-state index in [0.717, 1.165) is 0 Å². The van der Waals surface area contributed by atoms with Gasteiger partial charge in [0.05, 0.1) is 0 Å². The second kappa shape index (κ2) is 9.44. The molecule has 0 aromatic heterocycles. The molecule has 0 fully saturated rings.